The highest BCUT2D eigenvalue weighted by molar-refractivity contribution is 6.34. The largest absolute Gasteiger partial charge is 0.325 e. The van der Waals surface area contributed by atoms with Crippen LogP contribution in [0.4, 0.5) is 5.69 Å². The van der Waals surface area contributed by atoms with Crippen molar-refractivity contribution in [1.29, 1.82) is 0 Å². The molecule has 0 aliphatic rings. The van der Waals surface area contributed by atoms with Crippen LogP contribution in [0.2, 0.25) is 10.0 Å². The SMILES string of the molecule is Cc1cccc(NC(=O)Cn2cc(Cl)cc(Cl)c2=O)c1. The number of halogens is 2. The quantitative estimate of drug-likeness (QED) is 0.947. The van der Waals surface area contributed by atoms with Gasteiger partial charge in [-0.1, -0.05) is 35.3 Å². The van der Waals surface area contributed by atoms with E-state index in [-0.39, 0.29) is 17.5 Å². The summed E-state index contributed by atoms with van der Waals surface area (Å²) in [6, 6.07) is 8.73. The molecule has 1 aromatic heterocycles. The first-order valence-corrected chi connectivity index (χ1v) is 6.63. The summed E-state index contributed by atoms with van der Waals surface area (Å²) in [5.74, 6) is -0.323. The summed E-state index contributed by atoms with van der Waals surface area (Å²) < 4.78 is 1.18. The zero-order valence-electron chi connectivity index (χ0n) is 10.7. The molecule has 0 radical (unpaired) electrons. The van der Waals surface area contributed by atoms with E-state index in [9.17, 15) is 9.59 Å². The number of amides is 1. The number of aromatic nitrogens is 1. The average Bonchev–Trinajstić information content (AvgIpc) is 2.35. The third-order valence-electron chi connectivity index (χ3n) is 2.62. The molecular formula is C14H12Cl2N2O2. The van der Waals surface area contributed by atoms with Gasteiger partial charge in [0.1, 0.15) is 11.6 Å². The van der Waals surface area contributed by atoms with Crippen LogP contribution in [0.25, 0.3) is 0 Å². The lowest BCUT2D eigenvalue weighted by atomic mass is 10.2. The molecule has 0 spiro atoms. The van der Waals surface area contributed by atoms with E-state index in [1.807, 2.05) is 25.1 Å². The van der Waals surface area contributed by atoms with Crippen LogP contribution in [0.5, 0.6) is 0 Å². The first kappa shape index (κ1) is 14.6. The normalized spacial score (nSPS) is 10.3. The van der Waals surface area contributed by atoms with Crippen molar-refractivity contribution < 1.29 is 4.79 Å². The van der Waals surface area contributed by atoms with Gasteiger partial charge in [0.2, 0.25) is 5.91 Å². The lowest BCUT2D eigenvalue weighted by Gasteiger charge is -2.08. The second-order valence-electron chi connectivity index (χ2n) is 4.36. The molecule has 1 heterocycles. The average molecular weight is 311 g/mol. The lowest BCUT2D eigenvalue weighted by Crippen LogP contribution is -2.27. The van der Waals surface area contributed by atoms with Crippen molar-refractivity contribution in [3.63, 3.8) is 0 Å². The Bertz CT molecular complexity index is 711. The number of pyridine rings is 1. The summed E-state index contributed by atoms with van der Waals surface area (Å²) in [5.41, 5.74) is 1.26. The first-order chi connectivity index (χ1) is 9.45. The molecule has 0 atom stereocenters. The summed E-state index contributed by atoms with van der Waals surface area (Å²) in [6.45, 7) is 1.78. The molecule has 2 aromatic rings. The van der Waals surface area contributed by atoms with Crippen molar-refractivity contribution in [3.8, 4) is 0 Å². The Hall–Kier alpha value is -1.78. The predicted molar refractivity (Wildman–Crippen MR) is 80.5 cm³/mol. The minimum atomic E-state index is -0.449. The smallest absolute Gasteiger partial charge is 0.269 e. The van der Waals surface area contributed by atoms with Gasteiger partial charge in [-0.3, -0.25) is 9.59 Å². The maximum Gasteiger partial charge on any atom is 0.269 e. The molecule has 1 N–H and O–H groups in total. The predicted octanol–water partition coefficient (Wildman–Crippen LogP) is 3.10. The number of nitrogens with zero attached hydrogens (tertiary/aromatic N) is 1. The van der Waals surface area contributed by atoms with Crippen LogP contribution in [0.15, 0.2) is 41.3 Å². The highest BCUT2D eigenvalue weighted by atomic mass is 35.5. The Labute approximate surface area is 125 Å². The Balaban J connectivity index is 2.15. The topological polar surface area (TPSA) is 51.1 Å². The summed E-state index contributed by atoms with van der Waals surface area (Å²) in [7, 11) is 0. The molecule has 6 heteroatoms. The Morgan fingerprint density at radius 3 is 2.75 bits per heavy atom. The van der Waals surface area contributed by atoms with Gasteiger partial charge in [0.15, 0.2) is 0 Å². The van der Waals surface area contributed by atoms with Gasteiger partial charge in [0, 0.05) is 11.9 Å². The molecule has 0 saturated carbocycles. The zero-order chi connectivity index (χ0) is 14.7. The number of benzene rings is 1. The highest BCUT2D eigenvalue weighted by Gasteiger charge is 2.08. The van der Waals surface area contributed by atoms with E-state index in [4.69, 9.17) is 23.2 Å². The van der Waals surface area contributed by atoms with Crippen molar-refractivity contribution in [2.75, 3.05) is 5.32 Å². The molecule has 2 rings (SSSR count). The number of carbonyl (C=O) groups excluding carboxylic acids is 1. The van der Waals surface area contributed by atoms with Gasteiger partial charge in [-0.25, -0.2) is 0 Å². The summed E-state index contributed by atoms with van der Waals surface area (Å²) >= 11 is 11.5. The third-order valence-corrected chi connectivity index (χ3v) is 3.10. The van der Waals surface area contributed by atoms with Crippen molar-refractivity contribution in [1.82, 2.24) is 4.57 Å². The third kappa shape index (κ3) is 3.62. The van der Waals surface area contributed by atoms with E-state index in [0.29, 0.717) is 10.7 Å². The van der Waals surface area contributed by atoms with E-state index >= 15 is 0 Å². The maximum absolute atomic E-state index is 11.9. The molecule has 0 aliphatic heterocycles. The van der Waals surface area contributed by atoms with E-state index in [0.717, 1.165) is 5.56 Å². The zero-order valence-corrected chi connectivity index (χ0v) is 12.2. The van der Waals surface area contributed by atoms with Crippen LogP contribution in [0, 0.1) is 6.92 Å². The van der Waals surface area contributed by atoms with Crippen LogP contribution in [0.3, 0.4) is 0 Å². The maximum atomic E-state index is 11.9. The highest BCUT2D eigenvalue weighted by Crippen LogP contribution is 2.12. The number of aryl methyl sites for hydroxylation is 1. The molecule has 0 aliphatic carbocycles. The summed E-state index contributed by atoms with van der Waals surface area (Å²) in [4.78, 5) is 23.7. The van der Waals surface area contributed by atoms with Crippen LogP contribution in [-0.4, -0.2) is 10.5 Å². The van der Waals surface area contributed by atoms with Gasteiger partial charge in [0.25, 0.3) is 5.56 Å². The van der Waals surface area contributed by atoms with Crippen LogP contribution >= 0.6 is 23.2 Å². The molecule has 0 saturated heterocycles. The fourth-order valence-electron chi connectivity index (χ4n) is 1.76. The van der Waals surface area contributed by atoms with E-state index in [1.165, 1.54) is 16.8 Å². The van der Waals surface area contributed by atoms with E-state index in [1.54, 1.807) is 6.07 Å². The molecule has 4 nitrogen and oxygen atoms in total. The first-order valence-electron chi connectivity index (χ1n) is 5.88. The van der Waals surface area contributed by atoms with Crippen LogP contribution in [0.1, 0.15) is 5.56 Å². The molecular weight excluding hydrogens is 299 g/mol. The summed E-state index contributed by atoms with van der Waals surface area (Å²) in [6.07, 6.45) is 1.38. The number of anilines is 1. The van der Waals surface area contributed by atoms with Gasteiger partial charge >= 0.3 is 0 Å². The Morgan fingerprint density at radius 1 is 1.30 bits per heavy atom. The lowest BCUT2D eigenvalue weighted by molar-refractivity contribution is -0.116. The van der Waals surface area contributed by atoms with Gasteiger partial charge in [-0.05, 0) is 30.7 Å². The van der Waals surface area contributed by atoms with E-state index < -0.39 is 5.56 Å². The number of hydrogen-bond acceptors (Lipinski definition) is 2. The monoisotopic (exact) mass is 310 g/mol. The number of carbonyl (C=O) groups is 1. The minimum absolute atomic E-state index is 0.0131. The Morgan fingerprint density at radius 2 is 2.05 bits per heavy atom. The summed E-state index contributed by atoms with van der Waals surface area (Å²) in [5, 5.41) is 3.00. The van der Waals surface area contributed by atoms with Crippen molar-refractivity contribution in [2.45, 2.75) is 13.5 Å². The van der Waals surface area contributed by atoms with Gasteiger partial charge in [0.05, 0.1) is 5.02 Å². The second kappa shape index (κ2) is 6.11. The number of rotatable bonds is 3. The number of nitrogens with one attached hydrogen (secondary N) is 1. The number of hydrogen-bond donors (Lipinski definition) is 1. The fourth-order valence-corrected chi connectivity index (χ4v) is 2.27. The standard InChI is InChI=1S/C14H12Cl2N2O2/c1-9-3-2-4-11(5-9)17-13(19)8-18-7-10(15)6-12(16)14(18)20/h2-7H,8H2,1H3,(H,17,19). The molecule has 104 valence electrons. The molecule has 0 bridgehead atoms. The second-order valence-corrected chi connectivity index (χ2v) is 5.20. The van der Waals surface area contributed by atoms with E-state index in [2.05, 4.69) is 5.32 Å². The van der Waals surface area contributed by atoms with Crippen LogP contribution in [-0.2, 0) is 11.3 Å². The minimum Gasteiger partial charge on any atom is -0.325 e. The van der Waals surface area contributed by atoms with Crippen molar-refractivity contribution in [2.24, 2.45) is 0 Å². The van der Waals surface area contributed by atoms with Crippen LogP contribution < -0.4 is 10.9 Å². The van der Waals surface area contributed by atoms with Gasteiger partial charge in [-0.15, -0.1) is 0 Å². The fraction of sp³-hybridized carbons (Fsp3) is 0.143. The van der Waals surface area contributed by atoms with Gasteiger partial charge < -0.3 is 9.88 Å². The van der Waals surface area contributed by atoms with Gasteiger partial charge in [-0.2, -0.15) is 0 Å². The molecule has 0 fully saturated rings. The molecule has 20 heavy (non-hydrogen) atoms. The Kier molecular flexibility index (Phi) is 4.47. The molecule has 1 amide bonds. The van der Waals surface area contributed by atoms with Crippen molar-refractivity contribution >= 4 is 34.8 Å². The molecule has 0 unspecified atom stereocenters. The van der Waals surface area contributed by atoms with Crippen molar-refractivity contribution in [3.05, 3.63) is 62.5 Å². The molecule has 1 aromatic carbocycles.